The highest BCUT2D eigenvalue weighted by atomic mass is 35.5. The van der Waals surface area contributed by atoms with E-state index in [4.69, 9.17) is 25.6 Å². The Morgan fingerprint density at radius 3 is 2.15 bits per heavy atom. The van der Waals surface area contributed by atoms with Crippen LogP contribution in [0.25, 0.3) is 0 Å². The van der Waals surface area contributed by atoms with Gasteiger partial charge in [0.25, 0.3) is 0 Å². The average Bonchev–Trinajstić information content (AvgIpc) is 2.46. The second-order valence-electron chi connectivity index (χ2n) is 6.44. The Balaban J connectivity index is 2.34. The zero-order valence-corrected chi connectivity index (χ0v) is 13.7. The minimum Gasteiger partial charge on any atom is -0.491 e. The molecular weight excluding hydrogens is 274 g/mol. The van der Waals surface area contributed by atoms with Crippen molar-refractivity contribution in [2.45, 2.75) is 58.8 Å². The maximum absolute atomic E-state index is 6.07. The zero-order valence-electron chi connectivity index (χ0n) is 13.0. The summed E-state index contributed by atoms with van der Waals surface area (Å²) in [6.45, 7) is 12.1. The van der Waals surface area contributed by atoms with Crippen molar-refractivity contribution in [1.82, 2.24) is 0 Å². The van der Waals surface area contributed by atoms with Gasteiger partial charge in [0.1, 0.15) is 5.75 Å². The van der Waals surface area contributed by atoms with Gasteiger partial charge in [0.15, 0.2) is 0 Å². The van der Waals surface area contributed by atoms with E-state index in [2.05, 4.69) is 0 Å². The van der Waals surface area contributed by atoms with Crippen molar-refractivity contribution in [2.24, 2.45) is 0 Å². The number of rotatable bonds is 3. The summed E-state index contributed by atoms with van der Waals surface area (Å²) < 4.78 is 18.0. The van der Waals surface area contributed by atoms with Crippen LogP contribution in [0.3, 0.4) is 0 Å². The monoisotopic (exact) mass is 296 g/mol. The smallest absolute Gasteiger partial charge is 0.491 e. The molecule has 0 amide bonds. The van der Waals surface area contributed by atoms with Crippen LogP contribution in [0.4, 0.5) is 0 Å². The van der Waals surface area contributed by atoms with Crippen LogP contribution in [-0.2, 0) is 9.31 Å². The van der Waals surface area contributed by atoms with Crippen molar-refractivity contribution < 1.29 is 14.0 Å². The summed E-state index contributed by atoms with van der Waals surface area (Å²) in [7, 11) is -0.439. The molecule has 0 N–H and O–H groups in total. The van der Waals surface area contributed by atoms with E-state index in [0.717, 1.165) is 5.46 Å². The molecule has 1 aromatic carbocycles. The highest BCUT2D eigenvalue weighted by Crippen LogP contribution is 2.37. The van der Waals surface area contributed by atoms with Crippen molar-refractivity contribution >= 4 is 24.2 Å². The summed E-state index contributed by atoms with van der Waals surface area (Å²) in [6.07, 6.45) is 0.0645. The molecule has 1 heterocycles. The predicted molar refractivity (Wildman–Crippen MR) is 82.9 cm³/mol. The molecule has 1 saturated heterocycles. The van der Waals surface area contributed by atoms with Crippen LogP contribution in [0.1, 0.15) is 41.5 Å². The lowest BCUT2D eigenvalue weighted by Crippen LogP contribution is -2.41. The van der Waals surface area contributed by atoms with Crippen LogP contribution < -0.4 is 10.2 Å². The Morgan fingerprint density at radius 2 is 1.65 bits per heavy atom. The van der Waals surface area contributed by atoms with E-state index >= 15 is 0 Å². The maximum atomic E-state index is 6.07. The van der Waals surface area contributed by atoms with Gasteiger partial charge in [-0.2, -0.15) is 0 Å². The molecule has 2 rings (SSSR count). The largest absolute Gasteiger partial charge is 0.498 e. The average molecular weight is 297 g/mol. The summed E-state index contributed by atoms with van der Waals surface area (Å²) in [6, 6.07) is 5.54. The molecule has 1 aliphatic rings. The summed E-state index contributed by atoms with van der Waals surface area (Å²) in [5, 5.41) is 0.640. The van der Waals surface area contributed by atoms with Crippen LogP contribution in [-0.4, -0.2) is 24.4 Å². The number of hydrogen-bond acceptors (Lipinski definition) is 3. The molecule has 0 radical (unpaired) electrons. The van der Waals surface area contributed by atoms with Crippen molar-refractivity contribution in [1.29, 1.82) is 0 Å². The molecule has 1 aliphatic heterocycles. The lowest BCUT2D eigenvalue weighted by atomic mass is 9.78. The van der Waals surface area contributed by atoms with Gasteiger partial charge in [-0.05, 0) is 53.7 Å². The Hall–Kier alpha value is -0.705. The molecule has 0 bridgehead atoms. The molecule has 20 heavy (non-hydrogen) atoms. The summed E-state index contributed by atoms with van der Waals surface area (Å²) in [5.41, 5.74) is 0.139. The first kappa shape index (κ1) is 15.7. The van der Waals surface area contributed by atoms with E-state index in [1.165, 1.54) is 0 Å². The highest BCUT2D eigenvalue weighted by Gasteiger charge is 2.52. The van der Waals surface area contributed by atoms with Crippen LogP contribution in [0.5, 0.6) is 5.75 Å². The molecule has 1 fully saturated rings. The van der Waals surface area contributed by atoms with Crippen molar-refractivity contribution in [3.05, 3.63) is 23.2 Å². The molecule has 0 atom stereocenters. The molecule has 0 unspecified atom stereocenters. The van der Waals surface area contributed by atoms with E-state index in [9.17, 15) is 0 Å². The SMILES string of the molecule is CC(C)Oc1cc(Cl)ccc1B1OC(C)(C)C(C)(C)O1. The molecule has 3 nitrogen and oxygen atoms in total. The second kappa shape index (κ2) is 5.25. The molecule has 110 valence electrons. The first-order valence-electron chi connectivity index (χ1n) is 6.94. The van der Waals surface area contributed by atoms with E-state index in [1.54, 1.807) is 0 Å². The fourth-order valence-electron chi connectivity index (χ4n) is 2.03. The molecule has 0 saturated carbocycles. The first-order chi connectivity index (χ1) is 9.12. The fraction of sp³-hybridized carbons (Fsp3) is 0.600. The number of halogens is 1. The molecular formula is C15H22BClO3. The van der Waals surface area contributed by atoms with Crippen molar-refractivity contribution in [3.8, 4) is 5.75 Å². The van der Waals surface area contributed by atoms with Crippen molar-refractivity contribution in [3.63, 3.8) is 0 Å². The Labute approximate surface area is 126 Å². The molecule has 0 aliphatic carbocycles. The minimum absolute atomic E-state index is 0.0645. The summed E-state index contributed by atoms with van der Waals surface area (Å²) in [4.78, 5) is 0. The van der Waals surface area contributed by atoms with Crippen LogP contribution in [0, 0.1) is 0 Å². The normalized spacial score (nSPS) is 20.5. The van der Waals surface area contributed by atoms with E-state index in [-0.39, 0.29) is 17.3 Å². The van der Waals surface area contributed by atoms with Crippen LogP contribution in [0.15, 0.2) is 18.2 Å². The Kier molecular flexibility index (Phi) is 4.11. The van der Waals surface area contributed by atoms with Gasteiger partial charge in [0, 0.05) is 10.5 Å². The number of benzene rings is 1. The zero-order chi connectivity index (χ0) is 15.1. The molecule has 0 spiro atoms. The third-order valence-electron chi connectivity index (χ3n) is 3.85. The van der Waals surface area contributed by atoms with E-state index in [1.807, 2.05) is 59.7 Å². The van der Waals surface area contributed by atoms with Gasteiger partial charge in [-0.3, -0.25) is 0 Å². The number of hydrogen-bond donors (Lipinski definition) is 0. The summed E-state index contributed by atoms with van der Waals surface area (Å²) >= 11 is 6.06. The predicted octanol–water partition coefficient (Wildman–Crippen LogP) is 3.43. The number of ether oxygens (including phenoxy) is 1. The lowest BCUT2D eigenvalue weighted by molar-refractivity contribution is 0.00578. The quantitative estimate of drug-likeness (QED) is 0.800. The Bertz CT molecular complexity index is 484. The third kappa shape index (κ3) is 2.97. The minimum atomic E-state index is -0.439. The van der Waals surface area contributed by atoms with Gasteiger partial charge in [-0.15, -0.1) is 0 Å². The molecule has 5 heteroatoms. The topological polar surface area (TPSA) is 27.7 Å². The van der Waals surface area contributed by atoms with E-state index in [0.29, 0.717) is 10.8 Å². The summed E-state index contributed by atoms with van der Waals surface area (Å²) in [5.74, 6) is 0.714. The standard InChI is InChI=1S/C15H22BClO3/c1-10(2)18-13-9-11(17)7-8-12(13)16-19-14(3,4)15(5,6)20-16/h7-10H,1-6H3. The van der Waals surface area contributed by atoms with Gasteiger partial charge < -0.3 is 14.0 Å². The fourth-order valence-corrected chi connectivity index (χ4v) is 2.19. The van der Waals surface area contributed by atoms with Gasteiger partial charge in [0.2, 0.25) is 0 Å². The van der Waals surface area contributed by atoms with E-state index < -0.39 is 7.12 Å². The molecule has 0 aromatic heterocycles. The van der Waals surface area contributed by atoms with Gasteiger partial charge in [-0.25, -0.2) is 0 Å². The third-order valence-corrected chi connectivity index (χ3v) is 4.08. The first-order valence-corrected chi connectivity index (χ1v) is 7.32. The maximum Gasteiger partial charge on any atom is 0.498 e. The highest BCUT2D eigenvalue weighted by molar-refractivity contribution is 6.63. The van der Waals surface area contributed by atoms with Gasteiger partial charge in [0.05, 0.1) is 17.3 Å². The Morgan fingerprint density at radius 1 is 1.10 bits per heavy atom. The van der Waals surface area contributed by atoms with Crippen LogP contribution >= 0.6 is 11.6 Å². The van der Waals surface area contributed by atoms with Gasteiger partial charge in [-0.1, -0.05) is 17.7 Å². The van der Waals surface area contributed by atoms with Crippen molar-refractivity contribution in [2.75, 3.05) is 0 Å². The van der Waals surface area contributed by atoms with Crippen LogP contribution in [0.2, 0.25) is 5.02 Å². The lowest BCUT2D eigenvalue weighted by Gasteiger charge is -2.32. The van der Waals surface area contributed by atoms with Gasteiger partial charge >= 0.3 is 7.12 Å². The molecule has 1 aromatic rings. The second-order valence-corrected chi connectivity index (χ2v) is 6.87.